The maximum Gasteiger partial charge on any atom is 0.274 e. The number of carbonyl (C=O) groups excluding carboxylic acids is 1. The molecule has 1 atom stereocenters. The number of likely N-dealkylation sites (tertiary alicyclic amines) is 1. The van der Waals surface area contributed by atoms with Gasteiger partial charge in [0, 0.05) is 18.7 Å². The van der Waals surface area contributed by atoms with Crippen LogP contribution in [0.4, 0.5) is 0 Å². The number of imidazole rings is 1. The van der Waals surface area contributed by atoms with Crippen molar-refractivity contribution in [3.8, 4) is 17.0 Å². The van der Waals surface area contributed by atoms with Crippen molar-refractivity contribution in [2.75, 3.05) is 31.7 Å². The second kappa shape index (κ2) is 7.88. The highest BCUT2D eigenvalue weighted by Gasteiger charge is 2.33. The van der Waals surface area contributed by atoms with E-state index in [1.165, 1.54) is 0 Å². The number of aryl methyl sites for hydroxylation is 1. The number of ether oxygens (including phenoxy) is 1. The van der Waals surface area contributed by atoms with Crippen LogP contribution in [0.25, 0.3) is 22.3 Å². The van der Waals surface area contributed by atoms with E-state index in [0.717, 1.165) is 23.9 Å². The summed E-state index contributed by atoms with van der Waals surface area (Å²) in [5, 5.41) is 0. The third kappa shape index (κ3) is 3.64. The van der Waals surface area contributed by atoms with Crippen molar-refractivity contribution in [2.45, 2.75) is 32.2 Å². The van der Waals surface area contributed by atoms with Crippen LogP contribution in [0.15, 0.2) is 30.3 Å². The molecule has 2 aromatic heterocycles. The Morgan fingerprint density at radius 3 is 2.62 bits per heavy atom. The van der Waals surface area contributed by atoms with Crippen LogP contribution in [-0.2, 0) is 9.84 Å². The van der Waals surface area contributed by atoms with Crippen molar-refractivity contribution in [2.24, 2.45) is 0 Å². The maximum absolute atomic E-state index is 13.4. The molecule has 9 heteroatoms. The highest BCUT2D eigenvalue weighted by Crippen LogP contribution is 2.33. The average molecular weight is 455 g/mol. The van der Waals surface area contributed by atoms with Gasteiger partial charge in [0.25, 0.3) is 5.91 Å². The smallest absolute Gasteiger partial charge is 0.274 e. The lowest BCUT2D eigenvalue weighted by atomic mass is 10.1. The quantitative estimate of drug-likeness (QED) is 0.602. The minimum Gasteiger partial charge on any atom is -0.497 e. The third-order valence-corrected chi connectivity index (χ3v) is 8.14. The highest BCUT2D eigenvalue weighted by atomic mass is 32.2. The van der Waals surface area contributed by atoms with E-state index in [0.29, 0.717) is 48.0 Å². The van der Waals surface area contributed by atoms with Crippen molar-refractivity contribution in [3.63, 3.8) is 0 Å². The molecular weight excluding hydrogens is 428 g/mol. The molecule has 2 aliphatic heterocycles. The van der Waals surface area contributed by atoms with Crippen LogP contribution in [0.5, 0.6) is 5.75 Å². The molecule has 2 aliphatic rings. The minimum absolute atomic E-state index is 0.0888. The topological polar surface area (TPSA) is 94.4 Å². The Kier molecular flexibility index (Phi) is 5.16. The van der Waals surface area contributed by atoms with Crippen LogP contribution in [0.1, 0.15) is 41.6 Å². The van der Waals surface area contributed by atoms with Crippen LogP contribution in [0, 0.1) is 6.92 Å². The van der Waals surface area contributed by atoms with Crippen LogP contribution < -0.4 is 4.74 Å². The summed E-state index contributed by atoms with van der Waals surface area (Å²) in [6.45, 7) is 3.29. The zero-order valence-corrected chi connectivity index (χ0v) is 19.1. The number of nitrogens with zero attached hydrogens (tertiary/aromatic N) is 4. The van der Waals surface area contributed by atoms with Gasteiger partial charge in [-0.25, -0.2) is 18.4 Å². The second-order valence-electron chi connectivity index (χ2n) is 8.54. The summed E-state index contributed by atoms with van der Waals surface area (Å²) in [4.78, 5) is 24.7. The Morgan fingerprint density at radius 1 is 1.16 bits per heavy atom. The van der Waals surface area contributed by atoms with Gasteiger partial charge in [0.15, 0.2) is 15.5 Å². The van der Waals surface area contributed by atoms with Gasteiger partial charge in [-0.15, -0.1) is 0 Å². The number of hydrogen-bond acceptors (Lipinski definition) is 6. The van der Waals surface area contributed by atoms with Crippen LogP contribution in [-0.4, -0.2) is 65.5 Å². The van der Waals surface area contributed by atoms with Gasteiger partial charge in [0.2, 0.25) is 0 Å². The first-order valence-corrected chi connectivity index (χ1v) is 12.7. The Labute approximate surface area is 187 Å². The summed E-state index contributed by atoms with van der Waals surface area (Å²) < 4.78 is 31.7. The largest absolute Gasteiger partial charge is 0.497 e. The number of hydrogen-bond donors (Lipinski definition) is 0. The molecule has 5 rings (SSSR count). The Hall–Kier alpha value is -2.94. The van der Waals surface area contributed by atoms with E-state index >= 15 is 0 Å². The Bertz CT molecular complexity index is 1310. The maximum atomic E-state index is 13.4. The summed E-state index contributed by atoms with van der Waals surface area (Å²) in [5.41, 5.74) is 3.08. The van der Waals surface area contributed by atoms with Crippen molar-refractivity contribution in [3.05, 3.63) is 41.9 Å². The van der Waals surface area contributed by atoms with Gasteiger partial charge in [-0.3, -0.25) is 4.79 Å². The number of sulfone groups is 1. The minimum atomic E-state index is -3.07. The van der Waals surface area contributed by atoms with Gasteiger partial charge in [0.1, 0.15) is 17.1 Å². The second-order valence-corrected chi connectivity index (χ2v) is 10.8. The molecule has 3 aromatic rings. The predicted octanol–water partition coefficient (Wildman–Crippen LogP) is 3.01. The zero-order chi connectivity index (χ0) is 22.5. The molecule has 8 nitrogen and oxygen atoms in total. The van der Waals surface area contributed by atoms with E-state index in [-0.39, 0.29) is 23.5 Å². The van der Waals surface area contributed by atoms with Gasteiger partial charge < -0.3 is 14.2 Å². The van der Waals surface area contributed by atoms with E-state index in [1.54, 1.807) is 7.11 Å². The number of aromatic nitrogens is 3. The number of pyridine rings is 1. The van der Waals surface area contributed by atoms with Crippen molar-refractivity contribution < 1.29 is 17.9 Å². The normalized spacial score (nSPS) is 20.2. The van der Waals surface area contributed by atoms with Crippen molar-refractivity contribution in [1.29, 1.82) is 0 Å². The number of rotatable bonds is 4. The first kappa shape index (κ1) is 20.9. The van der Waals surface area contributed by atoms with E-state index in [2.05, 4.69) is 0 Å². The monoisotopic (exact) mass is 454 g/mol. The Morgan fingerprint density at radius 2 is 1.94 bits per heavy atom. The van der Waals surface area contributed by atoms with Gasteiger partial charge in [-0.05, 0) is 44.4 Å². The van der Waals surface area contributed by atoms with Crippen LogP contribution >= 0.6 is 0 Å². The van der Waals surface area contributed by atoms with E-state index < -0.39 is 9.84 Å². The fourth-order valence-electron chi connectivity index (χ4n) is 4.80. The first-order valence-electron chi connectivity index (χ1n) is 10.9. The summed E-state index contributed by atoms with van der Waals surface area (Å²) in [6, 6.07) is 9.26. The fraction of sp³-hybridized carbons (Fsp3) is 0.435. The van der Waals surface area contributed by atoms with Gasteiger partial charge >= 0.3 is 0 Å². The van der Waals surface area contributed by atoms with Crippen LogP contribution in [0.2, 0.25) is 0 Å². The van der Waals surface area contributed by atoms with Crippen LogP contribution in [0.3, 0.4) is 0 Å². The summed E-state index contributed by atoms with van der Waals surface area (Å²) in [6.07, 6.45) is 2.51. The molecule has 32 heavy (non-hydrogen) atoms. The standard InChI is InChI=1S/C23H26N4O4S/c1-15-24-21-20(27(15)17-8-11-32(29,30)14-17)13-19(16-6-5-7-18(12-16)31-2)25-22(21)23(28)26-9-3-4-10-26/h5-7,12-13,17H,3-4,8-11,14H2,1-2H3. The molecule has 4 heterocycles. The molecule has 2 fully saturated rings. The highest BCUT2D eigenvalue weighted by molar-refractivity contribution is 7.91. The molecule has 168 valence electrons. The van der Waals surface area contributed by atoms with Gasteiger partial charge in [0.05, 0.1) is 35.9 Å². The fourth-order valence-corrected chi connectivity index (χ4v) is 6.50. The number of amides is 1. The number of fused-ring (bicyclic) bond motifs is 1. The van der Waals surface area contributed by atoms with Gasteiger partial charge in [-0.2, -0.15) is 0 Å². The van der Waals surface area contributed by atoms with E-state index in [1.807, 2.05) is 46.7 Å². The number of methoxy groups -OCH3 is 1. The molecule has 0 aliphatic carbocycles. The summed E-state index contributed by atoms with van der Waals surface area (Å²) >= 11 is 0. The first-order chi connectivity index (χ1) is 15.4. The molecule has 0 spiro atoms. The van der Waals surface area contributed by atoms with E-state index in [4.69, 9.17) is 14.7 Å². The lowest BCUT2D eigenvalue weighted by molar-refractivity contribution is 0.0789. The SMILES string of the molecule is COc1cccc(-c2cc3c(nc(C)n3C3CCS(=O)(=O)C3)c(C(=O)N3CCCC3)n2)c1. The van der Waals surface area contributed by atoms with E-state index in [9.17, 15) is 13.2 Å². The number of carbonyl (C=O) groups is 1. The molecule has 1 amide bonds. The molecule has 0 radical (unpaired) electrons. The Balaban J connectivity index is 1.72. The molecular formula is C23H26N4O4S. The van der Waals surface area contributed by atoms with Crippen molar-refractivity contribution in [1.82, 2.24) is 19.4 Å². The number of benzene rings is 1. The molecule has 2 saturated heterocycles. The third-order valence-electron chi connectivity index (χ3n) is 6.39. The molecule has 0 bridgehead atoms. The van der Waals surface area contributed by atoms with Gasteiger partial charge in [-0.1, -0.05) is 12.1 Å². The lowest BCUT2D eigenvalue weighted by Gasteiger charge is -2.17. The zero-order valence-electron chi connectivity index (χ0n) is 18.2. The summed E-state index contributed by atoms with van der Waals surface area (Å²) in [7, 11) is -1.47. The van der Waals surface area contributed by atoms with Crippen molar-refractivity contribution >= 4 is 26.8 Å². The molecule has 0 N–H and O–H groups in total. The lowest BCUT2D eigenvalue weighted by Crippen LogP contribution is -2.28. The molecule has 1 unspecified atom stereocenters. The molecule has 0 saturated carbocycles. The molecule has 1 aromatic carbocycles. The summed E-state index contributed by atoms with van der Waals surface area (Å²) in [5.74, 6) is 1.53. The average Bonchev–Trinajstić information content (AvgIpc) is 3.51. The predicted molar refractivity (Wildman–Crippen MR) is 122 cm³/mol.